The largest absolute Gasteiger partial charge is 0.465 e. The number of hydrogen-bond acceptors (Lipinski definition) is 4. The second-order valence-electron chi connectivity index (χ2n) is 6.54. The van der Waals surface area contributed by atoms with E-state index in [4.69, 9.17) is 4.74 Å². The van der Waals surface area contributed by atoms with Crippen molar-refractivity contribution >= 4 is 5.97 Å². The summed E-state index contributed by atoms with van der Waals surface area (Å²) in [6.07, 6.45) is 3.01. The smallest absolute Gasteiger partial charge is 0.326 e. The molecule has 2 unspecified atom stereocenters. The summed E-state index contributed by atoms with van der Waals surface area (Å²) in [4.78, 5) is 14.8. The van der Waals surface area contributed by atoms with Crippen LogP contribution in [0.4, 0.5) is 0 Å². The first-order chi connectivity index (χ1) is 9.71. The van der Waals surface area contributed by atoms with Crippen LogP contribution in [-0.2, 0) is 9.53 Å². The molecule has 21 heavy (non-hydrogen) atoms. The van der Waals surface area contributed by atoms with Gasteiger partial charge in [-0.1, -0.05) is 13.8 Å². The molecule has 0 aliphatic carbocycles. The topological polar surface area (TPSA) is 41.6 Å². The van der Waals surface area contributed by atoms with E-state index in [-0.39, 0.29) is 12.0 Å². The highest BCUT2D eigenvalue weighted by Crippen LogP contribution is 2.21. The Morgan fingerprint density at radius 1 is 1.19 bits per heavy atom. The highest BCUT2D eigenvalue weighted by atomic mass is 16.5. The lowest BCUT2D eigenvalue weighted by molar-refractivity contribution is -0.151. The molecule has 0 aromatic heterocycles. The molecule has 1 N–H and O–H groups in total. The first-order valence-corrected chi connectivity index (χ1v) is 8.38. The maximum Gasteiger partial charge on any atom is 0.326 e. The Balaban J connectivity index is 4.99. The van der Waals surface area contributed by atoms with E-state index in [9.17, 15) is 4.79 Å². The van der Waals surface area contributed by atoms with E-state index in [2.05, 4.69) is 51.9 Å². The second kappa shape index (κ2) is 9.42. The highest BCUT2D eigenvalue weighted by molar-refractivity contribution is 5.80. The Labute approximate surface area is 131 Å². The van der Waals surface area contributed by atoms with Crippen molar-refractivity contribution in [3.63, 3.8) is 0 Å². The van der Waals surface area contributed by atoms with Crippen molar-refractivity contribution in [2.75, 3.05) is 13.7 Å². The zero-order chi connectivity index (χ0) is 16.6. The Morgan fingerprint density at radius 2 is 1.71 bits per heavy atom. The molecule has 0 saturated carbocycles. The molecule has 0 aliphatic rings. The molecule has 126 valence electrons. The standard InChI is InChI=1S/C17H36N2O2/c1-9-15(10-2)19(8)14(6)12-17(7,18-13(4)5)16(20)21-11-3/h13-15,18H,9-12H2,1-8H3. The minimum atomic E-state index is -0.635. The van der Waals surface area contributed by atoms with E-state index < -0.39 is 5.54 Å². The summed E-state index contributed by atoms with van der Waals surface area (Å²) >= 11 is 0. The third kappa shape index (κ3) is 6.35. The summed E-state index contributed by atoms with van der Waals surface area (Å²) in [5.41, 5.74) is -0.635. The summed E-state index contributed by atoms with van der Waals surface area (Å²) in [7, 11) is 2.16. The zero-order valence-electron chi connectivity index (χ0n) is 15.3. The number of rotatable bonds is 10. The van der Waals surface area contributed by atoms with Crippen LogP contribution in [0.5, 0.6) is 0 Å². The predicted molar refractivity (Wildman–Crippen MR) is 89.5 cm³/mol. The van der Waals surface area contributed by atoms with Gasteiger partial charge < -0.3 is 9.64 Å². The number of esters is 1. The van der Waals surface area contributed by atoms with Gasteiger partial charge >= 0.3 is 5.97 Å². The monoisotopic (exact) mass is 300 g/mol. The quantitative estimate of drug-likeness (QED) is 0.629. The summed E-state index contributed by atoms with van der Waals surface area (Å²) in [6.45, 7) is 15.0. The van der Waals surface area contributed by atoms with Gasteiger partial charge in [0, 0.05) is 18.1 Å². The highest BCUT2D eigenvalue weighted by Gasteiger charge is 2.37. The van der Waals surface area contributed by atoms with E-state index in [0.29, 0.717) is 18.7 Å². The van der Waals surface area contributed by atoms with E-state index in [1.165, 1.54) is 0 Å². The van der Waals surface area contributed by atoms with Crippen molar-refractivity contribution in [1.29, 1.82) is 0 Å². The number of carbonyl (C=O) groups is 1. The molecule has 4 nitrogen and oxygen atoms in total. The van der Waals surface area contributed by atoms with Crippen LogP contribution in [0.3, 0.4) is 0 Å². The molecule has 0 amide bonds. The van der Waals surface area contributed by atoms with Crippen molar-refractivity contribution in [2.45, 2.75) is 91.4 Å². The van der Waals surface area contributed by atoms with Crippen LogP contribution in [0, 0.1) is 0 Å². The average molecular weight is 300 g/mol. The molecule has 0 spiro atoms. The average Bonchev–Trinajstić information content (AvgIpc) is 2.39. The molecule has 0 fully saturated rings. The second-order valence-corrected chi connectivity index (χ2v) is 6.54. The number of nitrogens with one attached hydrogen (secondary N) is 1. The molecule has 0 saturated heterocycles. The first-order valence-electron chi connectivity index (χ1n) is 8.38. The van der Waals surface area contributed by atoms with Gasteiger partial charge in [-0.05, 0) is 60.9 Å². The molecule has 0 rings (SSSR count). The number of hydrogen-bond donors (Lipinski definition) is 1. The normalized spacial score (nSPS) is 16.3. The molecule has 0 aliphatic heterocycles. The van der Waals surface area contributed by atoms with Gasteiger partial charge in [0.25, 0.3) is 0 Å². The Bertz CT molecular complexity index is 303. The predicted octanol–water partition coefficient (Wildman–Crippen LogP) is 3.21. The SMILES string of the molecule is CCOC(=O)C(C)(CC(C)N(C)C(CC)CC)NC(C)C. The van der Waals surface area contributed by atoms with Gasteiger partial charge in [0.1, 0.15) is 5.54 Å². The molecule has 4 heteroatoms. The van der Waals surface area contributed by atoms with Crippen LogP contribution in [0.2, 0.25) is 0 Å². The van der Waals surface area contributed by atoms with Gasteiger partial charge in [0.2, 0.25) is 0 Å². The van der Waals surface area contributed by atoms with Gasteiger partial charge in [0.05, 0.1) is 6.61 Å². The van der Waals surface area contributed by atoms with Crippen molar-refractivity contribution in [3.8, 4) is 0 Å². The minimum Gasteiger partial charge on any atom is -0.465 e. The van der Waals surface area contributed by atoms with E-state index >= 15 is 0 Å². The van der Waals surface area contributed by atoms with Crippen molar-refractivity contribution in [2.24, 2.45) is 0 Å². The molecule has 0 aromatic carbocycles. The van der Waals surface area contributed by atoms with Crippen LogP contribution in [-0.4, -0.2) is 48.2 Å². The van der Waals surface area contributed by atoms with Crippen LogP contribution in [0.15, 0.2) is 0 Å². The van der Waals surface area contributed by atoms with E-state index in [1.807, 2.05) is 13.8 Å². The minimum absolute atomic E-state index is 0.150. The van der Waals surface area contributed by atoms with Crippen LogP contribution in [0.1, 0.15) is 67.7 Å². The van der Waals surface area contributed by atoms with Crippen molar-refractivity contribution < 1.29 is 9.53 Å². The summed E-state index contributed by atoms with van der Waals surface area (Å²) in [5.74, 6) is -0.150. The third-order valence-corrected chi connectivity index (χ3v) is 4.25. The maximum atomic E-state index is 12.4. The number of nitrogens with zero attached hydrogens (tertiary/aromatic N) is 1. The Morgan fingerprint density at radius 3 is 2.10 bits per heavy atom. The van der Waals surface area contributed by atoms with Crippen molar-refractivity contribution in [3.05, 3.63) is 0 Å². The van der Waals surface area contributed by atoms with Crippen molar-refractivity contribution in [1.82, 2.24) is 10.2 Å². The van der Waals surface area contributed by atoms with Gasteiger partial charge in [-0.2, -0.15) is 0 Å². The zero-order valence-corrected chi connectivity index (χ0v) is 15.3. The van der Waals surface area contributed by atoms with Gasteiger partial charge in [-0.15, -0.1) is 0 Å². The van der Waals surface area contributed by atoms with Crippen LogP contribution >= 0.6 is 0 Å². The molecule has 0 heterocycles. The van der Waals surface area contributed by atoms with Crippen LogP contribution < -0.4 is 5.32 Å². The van der Waals surface area contributed by atoms with E-state index in [0.717, 1.165) is 19.3 Å². The summed E-state index contributed by atoms with van der Waals surface area (Å²) in [6, 6.07) is 1.12. The molecule has 0 aromatic rings. The van der Waals surface area contributed by atoms with Gasteiger partial charge in [-0.25, -0.2) is 0 Å². The lowest BCUT2D eigenvalue weighted by Crippen LogP contribution is -2.56. The fourth-order valence-electron chi connectivity index (χ4n) is 3.09. The Kier molecular flexibility index (Phi) is 9.14. The first kappa shape index (κ1) is 20.4. The lowest BCUT2D eigenvalue weighted by Gasteiger charge is -2.38. The molecule has 0 radical (unpaired) electrons. The number of ether oxygens (including phenoxy) is 1. The molecular weight excluding hydrogens is 264 g/mol. The van der Waals surface area contributed by atoms with Gasteiger partial charge in [-0.3, -0.25) is 10.1 Å². The van der Waals surface area contributed by atoms with Crippen LogP contribution in [0.25, 0.3) is 0 Å². The fraction of sp³-hybridized carbons (Fsp3) is 0.941. The third-order valence-electron chi connectivity index (χ3n) is 4.25. The molecule has 0 bridgehead atoms. The fourth-order valence-corrected chi connectivity index (χ4v) is 3.09. The summed E-state index contributed by atoms with van der Waals surface area (Å²) in [5, 5.41) is 3.40. The van der Waals surface area contributed by atoms with E-state index in [1.54, 1.807) is 0 Å². The Hall–Kier alpha value is -0.610. The molecule has 2 atom stereocenters. The summed E-state index contributed by atoms with van der Waals surface area (Å²) < 4.78 is 5.28. The number of carbonyl (C=O) groups excluding carboxylic acids is 1. The van der Waals surface area contributed by atoms with Gasteiger partial charge in [0.15, 0.2) is 0 Å². The maximum absolute atomic E-state index is 12.4. The molecular formula is C17H36N2O2. The lowest BCUT2D eigenvalue weighted by atomic mass is 9.91.